The van der Waals surface area contributed by atoms with Gasteiger partial charge in [-0.15, -0.1) is 0 Å². The van der Waals surface area contributed by atoms with Crippen LogP contribution in [0.5, 0.6) is 0 Å². The summed E-state index contributed by atoms with van der Waals surface area (Å²) in [5.41, 5.74) is -1.16. The second-order valence-electron chi connectivity index (χ2n) is 9.89. The van der Waals surface area contributed by atoms with Crippen molar-refractivity contribution in [1.82, 2.24) is 10.2 Å². The van der Waals surface area contributed by atoms with E-state index >= 15 is 0 Å². The number of carbonyl (C=O) groups is 2. The Hall–Kier alpha value is -1.14. The van der Waals surface area contributed by atoms with Gasteiger partial charge < -0.3 is 14.8 Å². The summed E-state index contributed by atoms with van der Waals surface area (Å²) in [7, 11) is 0. The average molecular weight is 357 g/mol. The highest BCUT2D eigenvalue weighted by atomic mass is 16.6. The van der Waals surface area contributed by atoms with E-state index < -0.39 is 17.2 Å². The Kier molecular flexibility index (Phi) is 6.68. The zero-order chi connectivity index (χ0) is 19.6. The summed E-state index contributed by atoms with van der Waals surface area (Å²) in [5, 5.41) is 3.52. The van der Waals surface area contributed by atoms with Gasteiger partial charge in [0.15, 0.2) is 0 Å². The normalized spacial score (nSPS) is 22.8. The van der Waals surface area contributed by atoms with Gasteiger partial charge in [0.05, 0.1) is 6.54 Å². The molecule has 2 atom stereocenters. The molecule has 25 heavy (non-hydrogen) atoms. The SMILES string of the molecule is CC(C)(C)NC1CC(C(=O)OC(C)(C)C)N(CC(=O)OC(C)(C)C)C1. The van der Waals surface area contributed by atoms with Crippen LogP contribution in [0.15, 0.2) is 0 Å². The number of esters is 2. The molecule has 1 fully saturated rings. The molecule has 1 rings (SSSR count). The minimum Gasteiger partial charge on any atom is -0.459 e. The summed E-state index contributed by atoms with van der Waals surface area (Å²) in [6.45, 7) is 18.0. The lowest BCUT2D eigenvalue weighted by Gasteiger charge is -2.27. The highest BCUT2D eigenvalue weighted by Gasteiger charge is 2.41. The number of carbonyl (C=O) groups excluding carboxylic acids is 2. The zero-order valence-corrected chi connectivity index (χ0v) is 17.4. The largest absolute Gasteiger partial charge is 0.459 e. The second kappa shape index (κ2) is 7.62. The number of hydrogen-bond donors (Lipinski definition) is 1. The van der Waals surface area contributed by atoms with Gasteiger partial charge in [0.1, 0.15) is 17.2 Å². The van der Waals surface area contributed by atoms with Crippen LogP contribution in [0, 0.1) is 0 Å². The van der Waals surface area contributed by atoms with Gasteiger partial charge in [-0.1, -0.05) is 0 Å². The molecule has 0 aromatic rings. The maximum atomic E-state index is 12.6. The van der Waals surface area contributed by atoms with Crippen molar-refractivity contribution in [3.63, 3.8) is 0 Å². The van der Waals surface area contributed by atoms with Crippen LogP contribution in [0.1, 0.15) is 68.7 Å². The van der Waals surface area contributed by atoms with Gasteiger partial charge in [-0.25, -0.2) is 0 Å². The van der Waals surface area contributed by atoms with Crippen molar-refractivity contribution in [2.24, 2.45) is 0 Å². The summed E-state index contributed by atoms with van der Waals surface area (Å²) in [6, 6.07) is -0.313. The maximum Gasteiger partial charge on any atom is 0.323 e. The van der Waals surface area contributed by atoms with Crippen molar-refractivity contribution in [3.05, 3.63) is 0 Å². The topological polar surface area (TPSA) is 67.9 Å². The molecule has 0 saturated carbocycles. The highest BCUT2D eigenvalue weighted by Crippen LogP contribution is 2.23. The van der Waals surface area contributed by atoms with E-state index in [1.165, 1.54) is 0 Å². The van der Waals surface area contributed by atoms with E-state index in [0.717, 1.165) is 0 Å². The fourth-order valence-electron chi connectivity index (χ4n) is 2.95. The third-order valence-electron chi connectivity index (χ3n) is 3.47. The third kappa shape index (κ3) is 8.68. The zero-order valence-electron chi connectivity index (χ0n) is 17.4. The highest BCUT2D eigenvalue weighted by molar-refractivity contribution is 5.79. The molecule has 1 aliphatic rings. The van der Waals surface area contributed by atoms with E-state index in [-0.39, 0.29) is 30.1 Å². The molecule has 6 heteroatoms. The van der Waals surface area contributed by atoms with Crippen LogP contribution in [-0.4, -0.2) is 58.8 Å². The number of nitrogens with zero attached hydrogens (tertiary/aromatic N) is 1. The van der Waals surface area contributed by atoms with E-state index in [9.17, 15) is 9.59 Å². The van der Waals surface area contributed by atoms with Crippen LogP contribution >= 0.6 is 0 Å². The first-order chi connectivity index (χ1) is 11.1. The lowest BCUT2D eigenvalue weighted by atomic mass is 10.1. The number of hydrogen-bond acceptors (Lipinski definition) is 6. The minimum absolute atomic E-state index is 0.0644. The number of rotatable bonds is 4. The molecular weight excluding hydrogens is 320 g/mol. The van der Waals surface area contributed by atoms with Crippen molar-refractivity contribution in [3.8, 4) is 0 Å². The maximum absolute atomic E-state index is 12.6. The Labute approximate surface area is 152 Å². The molecule has 1 heterocycles. The van der Waals surface area contributed by atoms with Crippen LogP contribution in [0.3, 0.4) is 0 Å². The third-order valence-corrected chi connectivity index (χ3v) is 3.47. The monoisotopic (exact) mass is 356 g/mol. The van der Waals surface area contributed by atoms with Crippen molar-refractivity contribution in [1.29, 1.82) is 0 Å². The van der Waals surface area contributed by atoms with Crippen LogP contribution in [0.2, 0.25) is 0 Å². The number of likely N-dealkylation sites (tertiary alicyclic amines) is 1. The molecule has 6 nitrogen and oxygen atoms in total. The van der Waals surface area contributed by atoms with Crippen molar-refractivity contribution in [2.75, 3.05) is 13.1 Å². The average Bonchev–Trinajstić information content (AvgIpc) is 2.63. The van der Waals surface area contributed by atoms with E-state index in [1.807, 2.05) is 46.4 Å². The van der Waals surface area contributed by atoms with Gasteiger partial charge in [0.2, 0.25) is 0 Å². The molecular formula is C19H36N2O4. The van der Waals surface area contributed by atoms with E-state index in [0.29, 0.717) is 13.0 Å². The molecule has 0 aliphatic carbocycles. The smallest absolute Gasteiger partial charge is 0.323 e. The van der Waals surface area contributed by atoms with Gasteiger partial charge in [-0.2, -0.15) is 0 Å². The van der Waals surface area contributed by atoms with Gasteiger partial charge in [-0.05, 0) is 68.7 Å². The predicted octanol–water partition coefficient (Wildman–Crippen LogP) is 2.50. The van der Waals surface area contributed by atoms with E-state index in [1.54, 1.807) is 0 Å². The molecule has 1 aliphatic heterocycles. The molecule has 0 radical (unpaired) electrons. The van der Waals surface area contributed by atoms with Gasteiger partial charge >= 0.3 is 11.9 Å². The standard InChI is InChI=1S/C19H36N2O4/c1-17(2,3)20-13-10-14(16(23)25-19(7,8)9)21(11-13)12-15(22)24-18(4,5)6/h13-14,20H,10-12H2,1-9H3. The molecule has 0 aromatic carbocycles. The fourth-order valence-corrected chi connectivity index (χ4v) is 2.95. The first-order valence-corrected chi connectivity index (χ1v) is 9.02. The van der Waals surface area contributed by atoms with Crippen LogP contribution in [0.4, 0.5) is 0 Å². The molecule has 1 N–H and O–H groups in total. The minimum atomic E-state index is -0.551. The van der Waals surface area contributed by atoms with E-state index in [4.69, 9.17) is 9.47 Å². The van der Waals surface area contributed by atoms with Crippen molar-refractivity contribution in [2.45, 2.75) is 97.6 Å². The number of nitrogens with one attached hydrogen (secondary N) is 1. The second-order valence-corrected chi connectivity index (χ2v) is 9.89. The summed E-state index contributed by atoms with van der Waals surface area (Å²) < 4.78 is 11.0. The van der Waals surface area contributed by atoms with Crippen LogP contribution in [0.25, 0.3) is 0 Å². The summed E-state index contributed by atoms with van der Waals surface area (Å²) in [4.78, 5) is 26.7. The Morgan fingerprint density at radius 2 is 1.48 bits per heavy atom. The Morgan fingerprint density at radius 1 is 0.960 bits per heavy atom. The molecule has 146 valence electrons. The van der Waals surface area contributed by atoms with Gasteiger partial charge in [-0.3, -0.25) is 14.5 Å². The number of ether oxygens (including phenoxy) is 2. The van der Waals surface area contributed by atoms with E-state index in [2.05, 4.69) is 26.1 Å². The quantitative estimate of drug-likeness (QED) is 0.781. The molecule has 0 spiro atoms. The molecule has 0 aromatic heterocycles. The molecule has 2 unspecified atom stereocenters. The summed E-state index contributed by atoms with van der Waals surface area (Å²) >= 11 is 0. The first-order valence-electron chi connectivity index (χ1n) is 9.02. The lowest BCUT2D eigenvalue weighted by molar-refractivity contribution is -0.163. The predicted molar refractivity (Wildman–Crippen MR) is 98.3 cm³/mol. The molecule has 0 bridgehead atoms. The summed E-state index contributed by atoms with van der Waals surface area (Å²) in [6.07, 6.45) is 0.620. The Balaban J connectivity index is 2.84. The van der Waals surface area contributed by atoms with Gasteiger partial charge in [0, 0.05) is 18.1 Å². The van der Waals surface area contributed by atoms with Crippen LogP contribution in [-0.2, 0) is 19.1 Å². The molecule has 0 amide bonds. The summed E-state index contributed by atoms with van der Waals surface area (Å²) in [5.74, 6) is -0.605. The van der Waals surface area contributed by atoms with Crippen molar-refractivity contribution < 1.29 is 19.1 Å². The molecule has 1 saturated heterocycles. The Morgan fingerprint density at radius 3 is 1.92 bits per heavy atom. The lowest BCUT2D eigenvalue weighted by Crippen LogP contribution is -2.45. The van der Waals surface area contributed by atoms with Crippen molar-refractivity contribution >= 4 is 11.9 Å². The fraction of sp³-hybridized carbons (Fsp3) is 0.895. The Bertz CT molecular complexity index is 483. The first kappa shape index (κ1) is 21.9. The van der Waals surface area contributed by atoms with Crippen LogP contribution < -0.4 is 5.32 Å². The van der Waals surface area contributed by atoms with Gasteiger partial charge in [0.25, 0.3) is 0 Å².